The van der Waals surface area contributed by atoms with Crippen LogP contribution < -0.4 is 11.1 Å². The maximum absolute atomic E-state index is 11.3. The lowest BCUT2D eigenvalue weighted by atomic mass is 10.1. The highest BCUT2D eigenvalue weighted by Gasteiger charge is 2.23. The molecule has 0 radical (unpaired) electrons. The molecule has 0 saturated carbocycles. The van der Waals surface area contributed by atoms with Gasteiger partial charge in [0.15, 0.2) is 0 Å². The van der Waals surface area contributed by atoms with Crippen LogP contribution in [-0.2, 0) is 14.4 Å². The summed E-state index contributed by atoms with van der Waals surface area (Å²) in [5.74, 6) is -3.12. The Bertz CT molecular complexity index is 279. The van der Waals surface area contributed by atoms with Gasteiger partial charge in [-0.25, -0.2) is 4.79 Å². The Morgan fingerprint density at radius 1 is 1.31 bits per heavy atom. The number of nitrogens with two attached hydrogens (primary N) is 1. The molecule has 0 aliphatic carbocycles. The van der Waals surface area contributed by atoms with Gasteiger partial charge in [-0.2, -0.15) is 0 Å². The number of carbonyl (C=O) groups is 3. The van der Waals surface area contributed by atoms with Crippen LogP contribution in [0.1, 0.15) is 26.2 Å². The fourth-order valence-electron chi connectivity index (χ4n) is 1.11. The Hall–Kier alpha value is -1.63. The van der Waals surface area contributed by atoms with Gasteiger partial charge in [0.05, 0.1) is 12.5 Å². The molecular formula is C9H16N2O5. The average molecular weight is 232 g/mol. The summed E-state index contributed by atoms with van der Waals surface area (Å²) in [5, 5.41) is 19.3. The quantitative estimate of drug-likeness (QED) is 0.452. The summed E-state index contributed by atoms with van der Waals surface area (Å²) in [5.41, 5.74) is 5.28. The zero-order chi connectivity index (χ0) is 12.7. The summed E-state index contributed by atoms with van der Waals surface area (Å²) in [4.78, 5) is 32.3. The summed E-state index contributed by atoms with van der Waals surface area (Å²) in [7, 11) is 0. The van der Waals surface area contributed by atoms with E-state index in [0.29, 0.717) is 6.42 Å². The molecule has 0 aromatic rings. The van der Waals surface area contributed by atoms with E-state index in [1.807, 2.05) is 0 Å². The lowest BCUT2D eigenvalue weighted by Crippen LogP contribution is -2.49. The second-order valence-corrected chi connectivity index (χ2v) is 3.39. The van der Waals surface area contributed by atoms with E-state index in [-0.39, 0.29) is 6.42 Å². The van der Waals surface area contributed by atoms with Crippen LogP contribution in [0.3, 0.4) is 0 Å². The average Bonchev–Trinajstić information content (AvgIpc) is 2.15. The van der Waals surface area contributed by atoms with Crippen LogP contribution in [0.2, 0.25) is 0 Å². The van der Waals surface area contributed by atoms with Crippen molar-refractivity contribution in [1.29, 1.82) is 0 Å². The largest absolute Gasteiger partial charge is 0.481 e. The molecule has 1 amide bonds. The molecule has 0 unspecified atom stereocenters. The first-order valence-electron chi connectivity index (χ1n) is 4.89. The Balaban J connectivity index is 4.28. The second kappa shape index (κ2) is 6.78. The van der Waals surface area contributed by atoms with Gasteiger partial charge in [-0.1, -0.05) is 13.3 Å². The number of carboxylic acids is 2. The normalized spacial score (nSPS) is 13.9. The number of rotatable bonds is 7. The monoisotopic (exact) mass is 232 g/mol. The van der Waals surface area contributed by atoms with Gasteiger partial charge in [-0.3, -0.25) is 9.59 Å². The van der Waals surface area contributed by atoms with E-state index >= 15 is 0 Å². The lowest BCUT2D eigenvalue weighted by molar-refractivity contribution is -0.142. The minimum atomic E-state index is -1.23. The molecule has 0 aliphatic rings. The Morgan fingerprint density at radius 2 is 1.88 bits per heavy atom. The molecule has 0 spiro atoms. The minimum absolute atomic E-state index is 0.279. The van der Waals surface area contributed by atoms with Gasteiger partial charge < -0.3 is 21.3 Å². The summed E-state index contributed by atoms with van der Waals surface area (Å²) in [6, 6.07) is -2.24. The first-order chi connectivity index (χ1) is 7.38. The second-order valence-electron chi connectivity index (χ2n) is 3.39. The van der Waals surface area contributed by atoms with E-state index in [0.717, 1.165) is 0 Å². The first kappa shape index (κ1) is 14.4. The van der Waals surface area contributed by atoms with Crippen molar-refractivity contribution in [2.75, 3.05) is 0 Å². The van der Waals surface area contributed by atoms with E-state index in [4.69, 9.17) is 15.9 Å². The fourth-order valence-corrected chi connectivity index (χ4v) is 1.11. The number of amides is 1. The smallest absolute Gasteiger partial charge is 0.326 e. The molecule has 0 aromatic carbocycles. The van der Waals surface area contributed by atoms with Crippen LogP contribution in [0.5, 0.6) is 0 Å². The highest BCUT2D eigenvalue weighted by Crippen LogP contribution is 1.98. The highest BCUT2D eigenvalue weighted by atomic mass is 16.4. The molecule has 16 heavy (non-hydrogen) atoms. The Kier molecular flexibility index (Phi) is 6.09. The third kappa shape index (κ3) is 5.30. The molecule has 2 atom stereocenters. The molecule has 0 bridgehead atoms. The molecule has 0 heterocycles. The van der Waals surface area contributed by atoms with Crippen molar-refractivity contribution in [3.05, 3.63) is 0 Å². The summed E-state index contributed by atoms with van der Waals surface area (Å²) >= 11 is 0. The molecule has 7 nitrogen and oxygen atoms in total. The Morgan fingerprint density at radius 3 is 2.25 bits per heavy atom. The van der Waals surface area contributed by atoms with Crippen molar-refractivity contribution in [3.8, 4) is 0 Å². The van der Waals surface area contributed by atoms with Gasteiger partial charge >= 0.3 is 11.9 Å². The van der Waals surface area contributed by atoms with Gasteiger partial charge in [-0.05, 0) is 6.42 Å². The van der Waals surface area contributed by atoms with E-state index in [1.54, 1.807) is 6.92 Å². The van der Waals surface area contributed by atoms with Crippen molar-refractivity contribution in [2.45, 2.75) is 38.3 Å². The molecule has 92 valence electrons. The van der Waals surface area contributed by atoms with E-state index < -0.39 is 36.4 Å². The summed E-state index contributed by atoms with van der Waals surface area (Å²) in [6.07, 6.45) is 0.344. The number of carboxylic acid groups (broad SMARTS) is 2. The zero-order valence-corrected chi connectivity index (χ0v) is 8.97. The van der Waals surface area contributed by atoms with Gasteiger partial charge in [-0.15, -0.1) is 0 Å². The van der Waals surface area contributed by atoms with Crippen LogP contribution in [0.25, 0.3) is 0 Å². The van der Waals surface area contributed by atoms with Crippen LogP contribution >= 0.6 is 0 Å². The molecule has 5 N–H and O–H groups in total. The van der Waals surface area contributed by atoms with E-state index in [2.05, 4.69) is 5.32 Å². The molecule has 7 heteroatoms. The highest BCUT2D eigenvalue weighted by molar-refractivity contribution is 5.89. The van der Waals surface area contributed by atoms with Crippen molar-refractivity contribution >= 4 is 17.8 Å². The SMILES string of the molecule is CCC[C@H](NC(=O)[C@@H](N)CC(=O)O)C(=O)O. The number of aliphatic carboxylic acids is 2. The summed E-state index contributed by atoms with van der Waals surface area (Å²) < 4.78 is 0. The van der Waals surface area contributed by atoms with Crippen molar-refractivity contribution < 1.29 is 24.6 Å². The molecule has 0 fully saturated rings. The maximum atomic E-state index is 11.3. The summed E-state index contributed by atoms with van der Waals surface area (Å²) in [6.45, 7) is 1.78. The van der Waals surface area contributed by atoms with Crippen LogP contribution in [0.4, 0.5) is 0 Å². The molecule has 0 saturated heterocycles. The molecule has 0 aliphatic heterocycles. The van der Waals surface area contributed by atoms with Crippen molar-refractivity contribution in [3.63, 3.8) is 0 Å². The Labute approximate surface area is 92.6 Å². The molecule has 0 rings (SSSR count). The third-order valence-electron chi connectivity index (χ3n) is 1.92. The minimum Gasteiger partial charge on any atom is -0.481 e. The van der Waals surface area contributed by atoms with Crippen molar-refractivity contribution in [1.82, 2.24) is 5.32 Å². The van der Waals surface area contributed by atoms with Gasteiger partial charge in [0.1, 0.15) is 6.04 Å². The first-order valence-corrected chi connectivity index (χ1v) is 4.89. The molecular weight excluding hydrogens is 216 g/mol. The number of nitrogens with one attached hydrogen (secondary N) is 1. The van der Waals surface area contributed by atoms with Crippen LogP contribution in [0, 0.1) is 0 Å². The predicted molar refractivity (Wildman–Crippen MR) is 54.7 cm³/mol. The number of hydrogen-bond donors (Lipinski definition) is 4. The van der Waals surface area contributed by atoms with Gasteiger partial charge in [0.2, 0.25) is 5.91 Å². The number of hydrogen-bond acceptors (Lipinski definition) is 4. The van der Waals surface area contributed by atoms with Crippen molar-refractivity contribution in [2.24, 2.45) is 5.73 Å². The van der Waals surface area contributed by atoms with Crippen LogP contribution in [0.15, 0.2) is 0 Å². The molecule has 0 aromatic heterocycles. The van der Waals surface area contributed by atoms with Crippen LogP contribution in [-0.4, -0.2) is 40.1 Å². The maximum Gasteiger partial charge on any atom is 0.326 e. The van der Waals surface area contributed by atoms with Gasteiger partial charge in [0.25, 0.3) is 0 Å². The third-order valence-corrected chi connectivity index (χ3v) is 1.92. The van der Waals surface area contributed by atoms with Gasteiger partial charge in [0, 0.05) is 0 Å². The van der Waals surface area contributed by atoms with E-state index in [1.165, 1.54) is 0 Å². The number of carbonyl (C=O) groups excluding carboxylic acids is 1. The standard InChI is InChI=1S/C9H16N2O5/c1-2-3-6(9(15)16)11-8(14)5(10)4-7(12)13/h5-6H,2-4,10H2,1H3,(H,11,14)(H,12,13)(H,15,16)/t5-,6-/m0/s1. The fraction of sp³-hybridized carbons (Fsp3) is 0.667. The topological polar surface area (TPSA) is 130 Å². The lowest BCUT2D eigenvalue weighted by Gasteiger charge is -2.16. The predicted octanol–water partition coefficient (Wildman–Crippen LogP) is -0.842. The van der Waals surface area contributed by atoms with E-state index in [9.17, 15) is 14.4 Å². The zero-order valence-electron chi connectivity index (χ0n) is 8.97.